The number of rotatable bonds is 8. The van der Waals surface area contributed by atoms with E-state index in [1.807, 2.05) is 6.92 Å². The van der Waals surface area contributed by atoms with Crippen LogP contribution in [-0.2, 0) is 4.79 Å². The molecule has 1 aliphatic heterocycles. The van der Waals surface area contributed by atoms with Crippen LogP contribution in [0.4, 0.5) is 0 Å². The van der Waals surface area contributed by atoms with E-state index in [9.17, 15) is 9.90 Å². The average molecular weight is 285 g/mol. The van der Waals surface area contributed by atoms with E-state index in [1.165, 1.54) is 0 Å². The van der Waals surface area contributed by atoms with E-state index < -0.39 is 11.5 Å². The molecule has 0 amide bonds. The topological polar surface area (TPSA) is 55.8 Å². The standard InChI is InChI=1S/C15H31N3O2/c1-5-7-16-15(4,14(19)20)12-13(3)18-10-8-17(6-2)9-11-18/h13,16H,5-12H2,1-4H3,(H,19,20). The van der Waals surface area contributed by atoms with Crippen LogP contribution in [0.5, 0.6) is 0 Å². The fraction of sp³-hybridized carbons (Fsp3) is 0.933. The highest BCUT2D eigenvalue weighted by atomic mass is 16.4. The molecule has 0 bridgehead atoms. The SMILES string of the molecule is CCCNC(C)(CC(C)N1CCN(CC)CC1)C(=O)O. The zero-order chi connectivity index (χ0) is 15.2. The summed E-state index contributed by atoms with van der Waals surface area (Å²) in [5.74, 6) is -0.745. The second-order valence-corrected chi connectivity index (χ2v) is 6.09. The maximum absolute atomic E-state index is 11.6. The molecule has 1 rings (SSSR count). The summed E-state index contributed by atoms with van der Waals surface area (Å²) >= 11 is 0. The van der Waals surface area contributed by atoms with Crippen molar-refractivity contribution in [3.63, 3.8) is 0 Å². The number of aliphatic carboxylic acids is 1. The molecule has 20 heavy (non-hydrogen) atoms. The van der Waals surface area contributed by atoms with E-state index in [1.54, 1.807) is 0 Å². The molecule has 118 valence electrons. The fourth-order valence-electron chi connectivity index (χ4n) is 2.88. The second-order valence-electron chi connectivity index (χ2n) is 6.09. The van der Waals surface area contributed by atoms with Crippen molar-refractivity contribution >= 4 is 5.97 Å². The van der Waals surface area contributed by atoms with Gasteiger partial charge in [-0.05, 0) is 39.8 Å². The van der Waals surface area contributed by atoms with Crippen molar-refractivity contribution in [2.24, 2.45) is 0 Å². The van der Waals surface area contributed by atoms with Gasteiger partial charge in [-0.25, -0.2) is 0 Å². The van der Waals surface area contributed by atoms with Crippen LogP contribution < -0.4 is 5.32 Å². The summed E-state index contributed by atoms with van der Waals surface area (Å²) in [7, 11) is 0. The summed E-state index contributed by atoms with van der Waals surface area (Å²) in [4.78, 5) is 16.4. The van der Waals surface area contributed by atoms with Crippen molar-refractivity contribution in [1.29, 1.82) is 0 Å². The van der Waals surface area contributed by atoms with E-state index in [-0.39, 0.29) is 0 Å². The maximum atomic E-state index is 11.6. The monoisotopic (exact) mass is 285 g/mol. The zero-order valence-corrected chi connectivity index (χ0v) is 13.5. The lowest BCUT2D eigenvalue weighted by Gasteiger charge is -2.40. The van der Waals surface area contributed by atoms with Gasteiger partial charge in [-0.15, -0.1) is 0 Å². The van der Waals surface area contributed by atoms with Crippen molar-refractivity contribution in [1.82, 2.24) is 15.1 Å². The maximum Gasteiger partial charge on any atom is 0.323 e. The minimum Gasteiger partial charge on any atom is -0.480 e. The van der Waals surface area contributed by atoms with Gasteiger partial charge in [-0.3, -0.25) is 9.69 Å². The van der Waals surface area contributed by atoms with E-state index >= 15 is 0 Å². The van der Waals surface area contributed by atoms with E-state index in [0.717, 1.165) is 45.7 Å². The zero-order valence-electron chi connectivity index (χ0n) is 13.5. The van der Waals surface area contributed by atoms with Crippen LogP contribution in [0.2, 0.25) is 0 Å². The Hall–Kier alpha value is -0.650. The molecule has 1 saturated heterocycles. The number of carbonyl (C=O) groups is 1. The molecule has 0 aromatic rings. The highest BCUT2D eigenvalue weighted by Crippen LogP contribution is 2.18. The van der Waals surface area contributed by atoms with Crippen LogP contribution in [0.25, 0.3) is 0 Å². The third-order valence-electron chi connectivity index (χ3n) is 4.42. The number of nitrogens with zero attached hydrogens (tertiary/aromatic N) is 2. The predicted octanol–water partition coefficient (Wildman–Crippen LogP) is 1.25. The van der Waals surface area contributed by atoms with Crippen LogP contribution in [0.15, 0.2) is 0 Å². The van der Waals surface area contributed by atoms with Crippen LogP contribution in [0.3, 0.4) is 0 Å². The lowest BCUT2D eigenvalue weighted by Crippen LogP contribution is -2.56. The lowest BCUT2D eigenvalue weighted by molar-refractivity contribution is -0.145. The van der Waals surface area contributed by atoms with E-state index in [0.29, 0.717) is 12.5 Å². The van der Waals surface area contributed by atoms with Gasteiger partial charge in [-0.1, -0.05) is 13.8 Å². The number of hydrogen-bond acceptors (Lipinski definition) is 4. The smallest absolute Gasteiger partial charge is 0.323 e. The summed E-state index contributed by atoms with van der Waals surface area (Å²) in [5.41, 5.74) is -0.822. The molecule has 0 spiro atoms. The Labute approximate surface area is 123 Å². The Morgan fingerprint density at radius 3 is 2.35 bits per heavy atom. The first kappa shape index (κ1) is 17.4. The molecule has 1 aliphatic rings. The molecule has 2 atom stereocenters. The van der Waals surface area contributed by atoms with Crippen molar-refractivity contribution in [3.05, 3.63) is 0 Å². The van der Waals surface area contributed by atoms with Crippen LogP contribution in [0.1, 0.15) is 40.5 Å². The lowest BCUT2D eigenvalue weighted by atomic mass is 9.92. The molecule has 2 unspecified atom stereocenters. The third-order valence-corrected chi connectivity index (χ3v) is 4.42. The first-order valence-corrected chi connectivity index (χ1v) is 7.87. The summed E-state index contributed by atoms with van der Waals surface area (Å²) in [6.07, 6.45) is 1.60. The Morgan fingerprint density at radius 2 is 1.90 bits per heavy atom. The molecule has 1 fully saturated rings. The molecule has 0 aromatic carbocycles. The predicted molar refractivity (Wildman–Crippen MR) is 82.1 cm³/mol. The quantitative estimate of drug-likeness (QED) is 0.703. The minimum absolute atomic E-state index is 0.291. The highest BCUT2D eigenvalue weighted by molar-refractivity contribution is 5.78. The third kappa shape index (κ3) is 4.72. The van der Waals surface area contributed by atoms with E-state index in [4.69, 9.17) is 0 Å². The van der Waals surface area contributed by atoms with Gasteiger partial charge in [-0.2, -0.15) is 0 Å². The van der Waals surface area contributed by atoms with E-state index in [2.05, 4.69) is 35.9 Å². The summed E-state index contributed by atoms with van der Waals surface area (Å²) in [6, 6.07) is 0.291. The van der Waals surface area contributed by atoms with Crippen LogP contribution >= 0.6 is 0 Å². The second kappa shape index (κ2) is 7.96. The van der Waals surface area contributed by atoms with Gasteiger partial charge in [0.2, 0.25) is 0 Å². The first-order chi connectivity index (χ1) is 9.42. The van der Waals surface area contributed by atoms with Crippen LogP contribution in [0, 0.1) is 0 Å². The number of hydrogen-bond donors (Lipinski definition) is 2. The Bertz CT molecular complexity index is 303. The van der Waals surface area contributed by atoms with Crippen molar-refractivity contribution < 1.29 is 9.90 Å². The number of carboxylic acid groups (broad SMARTS) is 1. The number of piperazine rings is 1. The first-order valence-electron chi connectivity index (χ1n) is 7.87. The Morgan fingerprint density at radius 1 is 1.30 bits per heavy atom. The molecular formula is C15H31N3O2. The molecule has 2 N–H and O–H groups in total. The average Bonchev–Trinajstić information content (AvgIpc) is 2.45. The van der Waals surface area contributed by atoms with Gasteiger partial charge in [0.15, 0.2) is 0 Å². The summed E-state index contributed by atoms with van der Waals surface area (Å²) < 4.78 is 0. The Kier molecular flexibility index (Phi) is 6.92. The number of likely N-dealkylation sites (N-methyl/N-ethyl adjacent to an activating group) is 1. The fourth-order valence-corrected chi connectivity index (χ4v) is 2.88. The van der Waals surface area contributed by atoms with Gasteiger partial charge in [0.05, 0.1) is 0 Å². The highest BCUT2D eigenvalue weighted by Gasteiger charge is 2.35. The van der Waals surface area contributed by atoms with Crippen molar-refractivity contribution in [2.45, 2.75) is 52.1 Å². The molecule has 5 nitrogen and oxygen atoms in total. The van der Waals surface area contributed by atoms with Crippen molar-refractivity contribution in [3.8, 4) is 0 Å². The van der Waals surface area contributed by atoms with Gasteiger partial charge in [0.25, 0.3) is 0 Å². The Balaban J connectivity index is 2.53. The molecule has 1 heterocycles. The van der Waals surface area contributed by atoms with Gasteiger partial charge >= 0.3 is 5.97 Å². The van der Waals surface area contributed by atoms with Gasteiger partial charge < -0.3 is 15.3 Å². The molecule has 5 heteroatoms. The van der Waals surface area contributed by atoms with Gasteiger partial charge in [0, 0.05) is 32.2 Å². The normalized spacial score (nSPS) is 22.4. The molecule has 0 saturated carbocycles. The minimum atomic E-state index is -0.822. The van der Waals surface area contributed by atoms with Crippen LogP contribution in [-0.4, -0.2) is 71.7 Å². The molecule has 0 radical (unpaired) electrons. The van der Waals surface area contributed by atoms with Gasteiger partial charge in [0.1, 0.15) is 5.54 Å². The number of carboxylic acids is 1. The summed E-state index contributed by atoms with van der Waals surface area (Å²) in [5, 5.41) is 12.7. The molecular weight excluding hydrogens is 254 g/mol. The molecule has 0 aliphatic carbocycles. The number of nitrogens with one attached hydrogen (secondary N) is 1. The van der Waals surface area contributed by atoms with Crippen molar-refractivity contribution in [2.75, 3.05) is 39.3 Å². The largest absolute Gasteiger partial charge is 0.480 e. The summed E-state index contributed by atoms with van der Waals surface area (Å²) in [6.45, 7) is 14.3. The molecule has 0 aromatic heterocycles.